The Labute approximate surface area is 663 Å². The summed E-state index contributed by atoms with van der Waals surface area (Å²) >= 11 is 29.0. The van der Waals surface area contributed by atoms with E-state index in [0.717, 1.165) is 104 Å². The van der Waals surface area contributed by atoms with E-state index in [4.69, 9.17) is 93.9 Å². The first-order valence-corrected chi connectivity index (χ1v) is 40.6. The number of anilines is 2. The molecule has 32 heteroatoms. The zero-order valence-corrected chi connectivity index (χ0v) is 70.4. The van der Waals surface area contributed by atoms with E-state index in [0.29, 0.717) is 69.0 Å². The number of imidazole rings is 3. The Kier molecular flexibility index (Phi) is 32.6. The number of aliphatic imine (C=N–C) groups is 1. The third-order valence-corrected chi connectivity index (χ3v) is 21.2. The number of amides is 2. The molecule has 108 heavy (non-hydrogen) atoms. The normalized spacial score (nSPS) is 22.9. The van der Waals surface area contributed by atoms with Crippen LogP contribution in [0.4, 0.5) is 26.9 Å². The molecule has 27 nitrogen and oxygen atoms in total. The van der Waals surface area contributed by atoms with Crippen molar-refractivity contribution >= 4 is 127 Å². The highest BCUT2D eigenvalue weighted by molar-refractivity contribution is 6.35. The van der Waals surface area contributed by atoms with Gasteiger partial charge < -0.3 is 65.7 Å². The number of nitrogens with zero attached hydrogens (tertiary/aromatic N) is 17. The summed E-state index contributed by atoms with van der Waals surface area (Å²) < 4.78 is 16.9. The van der Waals surface area contributed by atoms with Crippen molar-refractivity contribution in [2.75, 3.05) is 38.8 Å². The minimum Gasteiger partial charge on any atom is -0.444 e. The quantitative estimate of drug-likeness (QED) is 0.0461. The highest BCUT2D eigenvalue weighted by Crippen LogP contribution is 2.35. The monoisotopic (exact) mass is 1590 g/mol. The van der Waals surface area contributed by atoms with Gasteiger partial charge in [-0.15, -0.1) is 0 Å². The fourth-order valence-corrected chi connectivity index (χ4v) is 15.6. The minimum atomic E-state index is -0.505. The molecule has 6 aliphatic rings. The topological polar surface area (TPSA) is 328 Å². The molecule has 2 amide bonds. The van der Waals surface area contributed by atoms with Gasteiger partial charge >= 0.3 is 12.2 Å². The van der Waals surface area contributed by atoms with Gasteiger partial charge in [0.15, 0.2) is 44.4 Å². The van der Waals surface area contributed by atoms with Crippen LogP contribution in [-0.2, 0) is 22.3 Å². The molecule has 6 atom stereocenters. The molecule has 0 spiro atoms. The fourth-order valence-electron chi connectivity index (χ4n) is 14.5. The Morgan fingerprint density at radius 2 is 0.935 bits per heavy atom. The van der Waals surface area contributed by atoms with E-state index in [9.17, 15) is 9.59 Å². The molecule has 0 bridgehead atoms. The number of nitrogens with one attached hydrogen (secondary N) is 4. The van der Waals surface area contributed by atoms with E-state index in [-0.39, 0.29) is 70.3 Å². The van der Waals surface area contributed by atoms with Crippen molar-refractivity contribution in [1.82, 2.24) is 89.0 Å². The molecule has 0 aromatic carbocycles. The Balaban J connectivity index is 0.000000179. The standard InChI is InChI=1S/C28H47N7O2.C19H29ClN6O2.C8H8Cl2N4.C8H18N2.C7H15N.C6H3Cl2N3/c1-18(2)35-17-29-24-25(30-20-9-8-10-21(16-20)31-27(36)37-28(3,4)5)32-23(33-26(24)35)15-19-11-13-22(14-12-19)34(6)7;1-11(2)26-10-21-14-15(24-17(20)25-16(14)26)22-12-7-6-8-13(9-12)23-18(27)28-19(3,4)5;1-4(2)14-3-11-5-6(9)12-8(10)13-7(5)14;1-10(2)8-5-3-7(9)4-6-8;1-6-3-2-4-7(8)5-6;7-5-4-3(1-2-9-4)10-6(8)11-5/h17-22H,8-16H2,1-7H3,(H,31,36)(H,30,32,33);10-13H,6-9H2,1-5H3,(H,23,27)(H,22,24,25);3-4H,1-2H3;7-8H,3-6,9H2,1-2H3;6-7H,2-5,8H2,1H3;2H,1H2. The molecule has 8 N–H and O–H groups in total. The van der Waals surface area contributed by atoms with Gasteiger partial charge in [-0.3, -0.25) is 4.99 Å². The first-order valence-electron chi connectivity index (χ1n) is 38.8. The maximum absolute atomic E-state index is 12.3. The van der Waals surface area contributed by atoms with Gasteiger partial charge in [-0.2, -0.15) is 15.0 Å². The lowest BCUT2D eigenvalue weighted by molar-refractivity contribution is 0.0479. The van der Waals surface area contributed by atoms with E-state index in [1.165, 1.54) is 77.0 Å². The second kappa shape index (κ2) is 40.3. The average Bonchev–Trinajstić information content (AvgIpc) is 1.61. The van der Waals surface area contributed by atoms with Gasteiger partial charge in [0.05, 0.1) is 24.7 Å². The van der Waals surface area contributed by atoms with Crippen molar-refractivity contribution in [2.24, 2.45) is 28.3 Å². The molecule has 7 aromatic rings. The van der Waals surface area contributed by atoms with Crippen LogP contribution in [0.2, 0.25) is 26.2 Å². The van der Waals surface area contributed by atoms with Crippen molar-refractivity contribution in [3.05, 3.63) is 56.7 Å². The van der Waals surface area contributed by atoms with Crippen molar-refractivity contribution in [1.29, 1.82) is 0 Å². The highest BCUT2D eigenvalue weighted by atomic mass is 35.5. The predicted molar refractivity (Wildman–Crippen MR) is 437 cm³/mol. The predicted octanol–water partition coefficient (Wildman–Crippen LogP) is 16.7. The Morgan fingerprint density at radius 3 is 1.40 bits per heavy atom. The van der Waals surface area contributed by atoms with Crippen molar-refractivity contribution in [3.8, 4) is 0 Å². The number of carbonyl (C=O) groups is 2. The molecule has 0 radical (unpaired) electrons. The van der Waals surface area contributed by atoms with Gasteiger partial charge in [-0.25, -0.2) is 49.5 Å². The second-order valence-corrected chi connectivity index (χ2v) is 34.8. The molecule has 13 rings (SSSR count). The number of rotatable bonds is 13. The van der Waals surface area contributed by atoms with Crippen molar-refractivity contribution in [3.63, 3.8) is 0 Å². The molecule has 6 unspecified atom stereocenters. The molecule has 5 aliphatic carbocycles. The largest absolute Gasteiger partial charge is 0.444 e. The molecule has 7 aromatic heterocycles. The molecular weight excluding hydrogens is 1480 g/mol. The zero-order chi connectivity index (χ0) is 78.9. The molecule has 5 fully saturated rings. The van der Waals surface area contributed by atoms with Crippen LogP contribution in [0.1, 0.15) is 248 Å². The smallest absolute Gasteiger partial charge is 0.407 e. The van der Waals surface area contributed by atoms with Crippen LogP contribution >= 0.6 is 58.0 Å². The third kappa shape index (κ3) is 26.8. The number of carbonyl (C=O) groups excluding carboxylic acids is 2. The summed E-state index contributed by atoms with van der Waals surface area (Å²) in [6, 6.07) is 3.74. The summed E-state index contributed by atoms with van der Waals surface area (Å²) in [4.78, 5) is 80.8. The first-order chi connectivity index (χ1) is 50.9. The number of hydrogen-bond donors (Lipinski definition) is 6. The van der Waals surface area contributed by atoms with E-state index < -0.39 is 11.2 Å². The van der Waals surface area contributed by atoms with E-state index in [1.54, 1.807) is 18.9 Å². The fraction of sp³-hybridized carbons (Fsp3) is 0.711. The number of halogens is 5. The Morgan fingerprint density at radius 1 is 0.509 bits per heavy atom. The van der Waals surface area contributed by atoms with Crippen LogP contribution in [0, 0.1) is 11.8 Å². The third-order valence-electron chi connectivity index (χ3n) is 20.2. The Bertz CT molecular complexity index is 4040. The summed E-state index contributed by atoms with van der Waals surface area (Å²) in [5.74, 6) is 3.87. The van der Waals surface area contributed by atoms with Crippen LogP contribution in [0.3, 0.4) is 0 Å². The zero-order valence-electron chi connectivity index (χ0n) is 66.7. The number of nitrogens with two attached hydrogens (primary N) is 2. The van der Waals surface area contributed by atoms with Gasteiger partial charge in [-0.1, -0.05) is 43.0 Å². The van der Waals surface area contributed by atoms with Crippen molar-refractivity contribution in [2.45, 2.75) is 309 Å². The Hall–Kier alpha value is -6.17. The lowest BCUT2D eigenvalue weighted by Gasteiger charge is -2.32. The number of alkyl carbamates (subject to hydrolysis) is 2. The molecule has 5 saturated carbocycles. The summed E-state index contributed by atoms with van der Waals surface area (Å²) in [6.45, 7) is 26.1. The molecule has 1 aliphatic heterocycles. The number of fused-ring (bicyclic) bond motifs is 4. The highest BCUT2D eigenvalue weighted by Gasteiger charge is 2.31. The van der Waals surface area contributed by atoms with E-state index >= 15 is 0 Å². The number of ether oxygens (including phenoxy) is 2. The maximum atomic E-state index is 12.3. The number of aromatic nitrogens is 14. The van der Waals surface area contributed by atoms with Crippen LogP contribution < -0.4 is 32.7 Å². The second-order valence-electron chi connectivity index (χ2n) is 33.1. The van der Waals surface area contributed by atoms with Crippen LogP contribution in [0.15, 0.2) is 24.0 Å². The van der Waals surface area contributed by atoms with Gasteiger partial charge in [0.1, 0.15) is 33.7 Å². The lowest BCUT2D eigenvalue weighted by atomic mass is 9.83. The first kappa shape index (κ1) is 87.4. The van der Waals surface area contributed by atoms with E-state index in [2.05, 4.69) is 143 Å². The van der Waals surface area contributed by atoms with Gasteiger partial charge in [0.2, 0.25) is 15.9 Å². The molecule has 598 valence electrons. The molecular formula is C76H120Cl5N23O4. The summed E-state index contributed by atoms with van der Waals surface area (Å²) in [7, 11) is 8.68. The number of hydrogen-bond acceptors (Lipinski definition) is 22. The maximum Gasteiger partial charge on any atom is 0.407 e. The average molecular weight is 1600 g/mol. The van der Waals surface area contributed by atoms with Crippen LogP contribution in [0.5, 0.6) is 0 Å². The SMILES string of the molecule is CC(C)n1cnc2c(Cl)nc(Cl)nc21.CC(C)n1cnc2c(NC3CCCC(NC(=O)OC(C)(C)C)C3)nc(CC3CCC(N(C)C)CC3)nc21.CC(C)n1cnc2c(NC3CCCC(NC(=O)OC(C)(C)C)C3)nc(Cl)nc21.CC1CCCC(N)C1.CN(C)C1CCC(N)CC1.Clc1nc(Cl)c2c(n1)CC=N2. The minimum absolute atomic E-state index is 0.0575. The van der Waals surface area contributed by atoms with Gasteiger partial charge in [-0.05, 0) is 273 Å². The molecule has 8 heterocycles. The lowest BCUT2D eigenvalue weighted by Crippen LogP contribution is -2.44. The van der Waals surface area contributed by atoms with Crippen LogP contribution in [-0.4, -0.2) is 184 Å². The van der Waals surface area contributed by atoms with Crippen molar-refractivity contribution < 1.29 is 19.1 Å². The van der Waals surface area contributed by atoms with Gasteiger partial charge in [0, 0.05) is 85.5 Å². The van der Waals surface area contributed by atoms with Crippen LogP contribution in [0.25, 0.3) is 33.5 Å². The molecule has 0 saturated heterocycles. The summed E-state index contributed by atoms with van der Waals surface area (Å²) in [5.41, 5.74) is 16.4. The van der Waals surface area contributed by atoms with Gasteiger partial charge in [0.25, 0.3) is 0 Å². The van der Waals surface area contributed by atoms with E-state index in [1.807, 2.05) is 70.9 Å². The summed E-state index contributed by atoms with van der Waals surface area (Å²) in [5, 5.41) is 14.3. The summed E-state index contributed by atoms with van der Waals surface area (Å²) in [6.07, 6.45) is 30.7.